The summed E-state index contributed by atoms with van der Waals surface area (Å²) < 4.78 is 10.8. The third kappa shape index (κ3) is 6.09. The van der Waals surface area contributed by atoms with Crippen molar-refractivity contribution < 1.29 is 19.2 Å². The van der Waals surface area contributed by atoms with Crippen molar-refractivity contribution in [3.05, 3.63) is 89.0 Å². The van der Waals surface area contributed by atoms with Gasteiger partial charge in [0.25, 0.3) is 5.91 Å². The minimum atomic E-state index is -0.00357. The lowest BCUT2D eigenvalue weighted by molar-refractivity contribution is -0.885. The molecule has 5 nitrogen and oxygen atoms in total. The Kier molecular flexibility index (Phi) is 7.68. The van der Waals surface area contributed by atoms with E-state index in [4.69, 9.17) is 9.47 Å². The van der Waals surface area contributed by atoms with Crippen molar-refractivity contribution in [2.45, 2.75) is 19.9 Å². The first kappa shape index (κ1) is 22.4. The van der Waals surface area contributed by atoms with Crippen LogP contribution in [0.5, 0.6) is 11.5 Å². The van der Waals surface area contributed by atoms with E-state index in [0.717, 1.165) is 33.7 Å². The molecule has 2 N–H and O–H groups in total. The van der Waals surface area contributed by atoms with Gasteiger partial charge in [-0.2, -0.15) is 0 Å². The number of quaternary nitrogens is 1. The van der Waals surface area contributed by atoms with Crippen LogP contribution in [0.3, 0.4) is 0 Å². The van der Waals surface area contributed by atoms with E-state index in [1.165, 1.54) is 5.56 Å². The molecule has 3 aromatic carbocycles. The molecule has 3 rings (SSSR count). The number of aryl methyl sites for hydroxylation is 1. The quantitative estimate of drug-likeness (QED) is 0.560. The van der Waals surface area contributed by atoms with Gasteiger partial charge in [0.1, 0.15) is 6.54 Å². The van der Waals surface area contributed by atoms with Crippen LogP contribution in [0.2, 0.25) is 0 Å². The van der Waals surface area contributed by atoms with E-state index in [0.29, 0.717) is 24.6 Å². The molecule has 0 spiro atoms. The third-order valence-corrected chi connectivity index (χ3v) is 5.33. The van der Waals surface area contributed by atoms with E-state index in [2.05, 4.69) is 23.5 Å². The van der Waals surface area contributed by atoms with Crippen LogP contribution >= 0.6 is 0 Å². The first-order valence-electron chi connectivity index (χ1n) is 10.4. The molecule has 1 unspecified atom stereocenters. The topological polar surface area (TPSA) is 52.0 Å². The van der Waals surface area contributed by atoms with Gasteiger partial charge in [-0.15, -0.1) is 0 Å². The summed E-state index contributed by atoms with van der Waals surface area (Å²) in [6, 6.07) is 22.2. The van der Waals surface area contributed by atoms with Gasteiger partial charge in [0.2, 0.25) is 0 Å². The van der Waals surface area contributed by atoms with Gasteiger partial charge < -0.3 is 19.7 Å². The second kappa shape index (κ2) is 10.6. The van der Waals surface area contributed by atoms with Gasteiger partial charge in [-0.1, -0.05) is 48.5 Å². The first-order chi connectivity index (χ1) is 15.0. The molecule has 0 saturated carbocycles. The van der Waals surface area contributed by atoms with Crippen molar-refractivity contribution in [2.75, 3.05) is 33.1 Å². The highest BCUT2D eigenvalue weighted by Gasteiger charge is 2.16. The summed E-state index contributed by atoms with van der Waals surface area (Å²) in [5.74, 6) is 1.42. The fraction of sp³-hybridized carbons (Fsp3) is 0.269. The van der Waals surface area contributed by atoms with Crippen LogP contribution in [-0.2, 0) is 17.8 Å². The minimum Gasteiger partial charge on any atom is -0.493 e. The molecule has 0 aliphatic heterocycles. The van der Waals surface area contributed by atoms with Crippen molar-refractivity contribution in [3.63, 3.8) is 0 Å². The van der Waals surface area contributed by atoms with Crippen LogP contribution in [0.4, 0.5) is 5.69 Å². The summed E-state index contributed by atoms with van der Waals surface area (Å²) in [5, 5.41) is 3.10. The molecule has 162 valence electrons. The number of likely N-dealkylation sites (N-methyl/N-ethyl adjacent to an activating group) is 1. The molecule has 0 radical (unpaired) electrons. The zero-order valence-electron chi connectivity index (χ0n) is 18.7. The van der Waals surface area contributed by atoms with Crippen molar-refractivity contribution >= 4 is 11.6 Å². The van der Waals surface area contributed by atoms with E-state index in [1.807, 2.05) is 62.5 Å². The number of benzene rings is 3. The van der Waals surface area contributed by atoms with Gasteiger partial charge >= 0.3 is 0 Å². The number of amides is 1. The van der Waals surface area contributed by atoms with Crippen LogP contribution in [0.1, 0.15) is 22.3 Å². The Bertz CT molecular complexity index is 1020. The molecule has 3 aromatic rings. The summed E-state index contributed by atoms with van der Waals surface area (Å²) in [6.45, 7) is 3.13. The lowest BCUT2D eigenvalue weighted by atomic mass is 10.0. The fourth-order valence-corrected chi connectivity index (χ4v) is 3.68. The molecule has 0 heterocycles. The first-order valence-corrected chi connectivity index (χ1v) is 10.4. The van der Waals surface area contributed by atoms with Crippen LogP contribution in [0, 0.1) is 6.92 Å². The van der Waals surface area contributed by atoms with E-state index in [1.54, 1.807) is 14.2 Å². The molecule has 0 aliphatic carbocycles. The molecule has 0 aliphatic rings. The molecular formula is C26H31N2O3+. The van der Waals surface area contributed by atoms with Crippen LogP contribution in [0.15, 0.2) is 66.7 Å². The fourth-order valence-electron chi connectivity index (χ4n) is 3.68. The average molecular weight is 420 g/mol. The number of carbonyl (C=O) groups is 1. The molecule has 31 heavy (non-hydrogen) atoms. The Hall–Kier alpha value is -3.31. The largest absolute Gasteiger partial charge is 0.493 e. The summed E-state index contributed by atoms with van der Waals surface area (Å²) >= 11 is 0. The predicted molar refractivity (Wildman–Crippen MR) is 124 cm³/mol. The second-order valence-electron chi connectivity index (χ2n) is 7.81. The zero-order valence-corrected chi connectivity index (χ0v) is 18.7. The molecule has 1 amide bonds. The van der Waals surface area contributed by atoms with Crippen molar-refractivity contribution in [1.29, 1.82) is 0 Å². The van der Waals surface area contributed by atoms with Gasteiger partial charge in [-0.25, -0.2) is 0 Å². The number of hydrogen-bond acceptors (Lipinski definition) is 3. The van der Waals surface area contributed by atoms with Crippen LogP contribution in [-0.4, -0.2) is 33.7 Å². The highest BCUT2D eigenvalue weighted by atomic mass is 16.5. The van der Waals surface area contributed by atoms with Crippen molar-refractivity contribution in [2.24, 2.45) is 0 Å². The Morgan fingerprint density at radius 3 is 2.26 bits per heavy atom. The number of hydrogen-bond donors (Lipinski definition) is 2. The smallest absolute Gasteiger partial charge is 0.279 e. The number of rotatable bonds is 9. The Balaban J connectivity index is 1.64. The molecule has 0 aromatic heterocycles. The SMILES string of the molecule is COc1cc(C)c(C[NH+](C)CC(=O)Nc2ccccc2Cc2ccccc2)cc1OC. The standard InChI is InChI=1S/C26H30N2O3/c1-19-14-24(30-3)25(31-4)16-22(19)17-28(2)18-26(29)27-23-13-9-8-12-21(23)15-20-10-6-5-7-11-20/h5-14,16H,15,17-18H2,1-4H3,(H,27,29)/p+1. The Labute approximate surface area is 184 Å². The maximum atomic E-state index is 12.7. The predicted octanol–water partition coefficient (Wildman–Crippen LogP) is 3.26. The number of para-hydroxylation sites is 1. The zero-order chi connectivity index (χ0) is 22.2. The maximum Gasteiger partial charge on any atom is 0.279 e. The van der Waals surface area contributed by atoms with E-state index >= 15 is 0 Å². The van der Waals surface area contributed by atoms with Crippen LogP contribution < -0.4 is 19.7 Å². The lowest BCUT2D eigenvalue weighted by Crippen LogP contribution is -3.08. The van der Waals surface area contributed by atoms with Gasteiger partial charge in [-0.05, 0) is 48.2 Å². The minimum absolute atomic E-state index is 0.00357. The van der Waals surface area contributed by atoms with Gasteiger partial charge in [0.15, 0.2) is 18.0 Å². The van der Waals surface area contributed by atoms with E-state index < -0.39 is 0 Å². The summed E-state index contributed by atoms with van der Waals surface area (Å²) in [5.41, 5.74) is 5.44. The van der Waals surface area contributed by atoms with Gasteiger partial charge in [-0.3, -0.25) is 4.79 Å². The number of methoxy groups -OCH3 is 2. The molecule has 5 heteroatoms. The van der Waals surface area contributed by atoms with Crippen LogP contribution in [0.25, 0.3) is 0 Å². The number of ether oxygens (including phenoxy) is 2. The summed E-state index contributed by atoms with van der Waals surface area (Å²) in [7, 11) is 5.29. The van der Waals surface area contributed by atoms with Crippen molar-refractivity contribution in [1.82, 2.24) is 0 Å². The van der Waals surface area contributed by atoms with Crippen molar-refractivity contribution in [3.8, 4) is 11.5 Å². The monoisotopic (exact) mass is 419 g/mol. The Morgan fingerprint density at radius 1 is 0.903 bits per heavy atom. The van der Waals surface area contributed by atoms with Gasteiger partial charge in [0.05, 0.1) is 21.3 Å². The molecule has 0 bridgehead atoms. The highest BCUT2D eigenvalue weighted by Crippen LogP contribution is 2.29. The van der Waals surface area contributed by atoms with E-state index in [9.17, 15) is 4.79 Å². The van der Waals surface area contributed by atoms with Gasteiger partial charge in [0, 0.05) is 11.3 Å². The number of anilines is 1. The van der Waals surface area contributed by atoms with E-state index in [-0.39, 0.29) is 5.91 Å². The molecule has 0 fully saturated rings. The highest BCUT2D eigenvalue weighted by molar-refractivity contribution is 5.92. The maximum absolute atomic E-state index is 12.7. The lowest BCUT2D eigenvalue weighted by Gasteiger charge is -2.18. The molecule has 1 atom stereocenters. The average Bonchev–Trinajstić information content (AvgIpc) is 2.76. The normalized spacial score (nSPS) is 11.6. The summed E-state index contributed by atoms with van der Waals surface area (Å²) in [4.78, 5) is 13.8. The molecular weight excluding hydrogens is 388 g/mol. The number of carbonyl (C=O) groups excluding carboxylic acids is 1. The third-order valence-electron chi connectivity index (χ3n) is 5.33. The Morgan fingerprint density at radius 2 is 1.55 bits per heavy atom. The summed E-state index contributed by atoms with van der Waals surface area (Å²) in [6.07, 6.45) is 0.783. The molecule has 0 saturated heterocycles. The second-order valence-corrected chi connectivity index (χ2v) is 7.81. The number of nitrogens with one attached hydrogen (secondary N) is 2.